The van der Waals surface area contributed by atoms with Gasteiger partial charge in [0.05, 0.1) is 22.8 Å². The van der Waals surface area contributed by atoms with Gasteiger partial charge in [0.2, 0.25) is 5.43 Å². The Kier molecular flexibility index (Phi) is 4.60. The van der Waals surface area contributed by atoms with E-state index in [9.17, 15) is 9.59 Å². The molecule has 4 rings (SSSR count). The molecule has 29 heavy (non-hydrogen) atoms. The SMILES string of the molecule is CC1CN(c2c(F)c(N)c3c(=O)c(OC(=O)O)cn(C4CC4)c3c2F)CC(C)N1. The molecule has 2 atom stereocenters. The third-order valence-electron chi connectivity index (χ3n) is 5.34. The van der Waals surface area contributed by atoms with Gasteiger partial charge in [-0.15, -0.1) is 0 Å². The summed E-state index contributed by atoms with van der Waals surface area (Å²) in [6.45, 7) is 4.57. The molecule has 2 aromatic rings. The van der Waals surface area contributed by atoms with Crippen molar-refractivity contribution in [1.82, 2.24) is 9.88 Å². The quantitative estimate of drug-likeness (QED) is 0.529. The number of hydrogen-bond acceptors (Lipinski definition) is 6. The number of fused-ring (bicyclic) bond motifs is 1. The molecule has 1 saturated heterocycles. The molecular formula is C19H22F2N4O4. The molecule has 2 heterocycles. The van der Waals surface area contributed by atoms with Crippen molar-refractivity contribution in [2.45, 2.75) is 44.8 Å². The van der Waals surface area contributed by atoms with Gasteiger partial charge in [-0.2, -0.15) is 0 Å². The number of ether oxygens (including phenoxy) is 1. The summed E-state index contributed by atoms with van der Waals surface area (Å²) in [4.78, 5) is 25.3. The largest absolute Gasteiger partial charge is 0.511 e. The number of halogens is 2. The Hall–Kier alpha value is -2.88. The summed E-state index contributed by atoms with van der Waals surface area (Å²) in [6, 6.07) is -0.125. The highest BCUT2D eigenvalue weighted by molar-refractivity contribution is 5.96. The smallest absolute Gasteiger partial charge is 0.449 e. The molecular weight excluding hydrogens is 386 g/mol. The second-order valence-electron chi connectivity index (χ2n) is 7.82. The molecule has 8 nitrogen and oxygen atoms in total. The maximum Gasteiger partial charge on any atom is 0.511 e. The van der Waals surface area contributed by atoms with Gasteiger partial charge in [0.15, 0.2) is 17.4 Å². The lowest BCUT2D eigenvalue weighted by Crippen LogP contribution is -2.54. The van der Waals surface area contributed by atoms with E-state index in [0.717, 1.165) is 12.8 Å². The number of piperazine rings is 1. The highest BCUT2D eigenvalue weighted by atomic mass is 19.1. The van der Waals surface area contributed by atoms with Crippen molar-refractivity contribution in [2.75, 3.05) is 23.7 Å². The van der Waals surface area contributed by atoms with Crippen molar-refractivity contribution < 1.29 is 23.4 Å². The lowest BCUT2D eigenvalue weighted by molar-refractivity contribution is 0.143. The third-order valence-corrected chi connectivity index (χ3v) is 5.34. The van der Waals surface area contributed by atoms with Crippen molar-refractivity contribution in [3.8, 4) is 5.75 Å². The number of carboxylic acid groups (broad SMARTS) is 1. The number of nitrogens with zero attached hydrogens (tertiary/aromatic N) is 2. The van der Waals surface area contributed by atoms with Gasteiger partial charge in [0.25, 0.3) is 0 Å². The minimum Gasteiger partial charge on any atom is -0.449 e. The van der Waals surface area contributed by atoms with E-state index < -0.39 is 40.0 Å². The van der Waals surface area contributed by atoms with Gasteiger partial charge < -0.3 is 30.4 Å². The van der Waals surface area contributed by atoms with Gasteiger partial charge in [-0.1, -0.05) is 0 Å². The maximum absolute atomic E-state index is 15.7. The van der Waals surface area contributed by atoms with E-state index in [2.05, 4.69) is 10.1 Å². The van der Waals surface area contributed by atoms with Crippen molar-refractivity contribution in [3.05, 3.63) is 28.1 Å². The molecule has 1 aromatic carbocycles. The van der Waals surface area contributed by atoms with E-state index >= 15 is 8.78 Å². The molecule has 0 bridgehead atoms. The standard InChI is InChI=1S/C19H22F2N4O4/c1-8-5-24(6-9(2)23-8)17-13(20)15(22)12-16(14(17)21)25(10-3-4-10)7-11(18(12)26)29-19(27)28/h7-10,23H,3-6,22H2,1-2H3,(H,27,28). The first-order valence-electron chi connectivity index (χ1n) is 9.46. The minimum atomic E-state index is -1.69. The van der Waals surface area contributed by atoms with Crippen molar-refractivity contribution in [2.24, 2.45) is 0 Å². The van der Waals surface area contributed by atoms with Crippen LogP contribution in [0.5, 0.6) is 5.75 Å². The number of aromatic nitrogens is 1. The topological polar surface area (TPSA) is 110 Å². The highest BCUT2D eigenvalue weighted by Crippen LogP contribution is 2.42. The number of rotatable bonds is 3. The van der Waals surface area contributed by atoms with Crippen LogP contribution in [0.25, 0.3) is 10.9 Å². The van der Waals surface area contributed by atoms with Crippen LogP contribution in [-0.2, 0) is 0 Å². The second-order valence-corrected chi connectivity index (χ2v) is 7.82. The van der Waals surface area contributed by atoms with Crippen LogP contribution in [0.3, 0.4) is 0 Å². The first kappa shape index (κ1) is 19.4. The Labute approximate surface area is 164 Å². The fourth-order valence-corrected chi connectivity index (χ4v) is 4.12. The number of anilines is 2. The lowest BCUT2D eigenvalue weighted by Gasteiger charge is -2.38. The Bertz CT molecular complexity index is 1060. The van der Waals surface area contributed by atoms with Gasteiger partial charge in [-0.25, -0.2) is 13.6 Å². The molecule has 2 aliphatic rings. The molecule has 2 fully saturated rings. The molecule has 0 spiro atoms. The summed E-state index contributed by atoms with van der Waals surface area (Å²) in [6.07, 6.45) is 0.920. The van der Waals surface area contributed by atoms with E-state index in [-0.39, 0.29) is 29.3 Å². The molecule has 0 amide bonds. The zero-order valence-corrected chi connectivity index (χ0v) is 16.0. The van der Waals surface area contributed by atoms with Crippen molar-refractivity contribution in [3.63, 3.8) is 0 Å². The van der Waals surface area contributed by atoms with E-state index in [1.807, 2.05) is 13.8 Å². The van der Waals surface area contributed by atoms with Gasteiger partial charge >= 0.3 is 6.16 Å². The van der Waals surface area contributed by atoms with Crippen LogP contribution in [0.4, 0.5) is 25.0 Å². The Morgan fingerprint density at radius 3 is 2.41 bits per heavy atom. The summed E-state index contributed by atoms with van der Waals surface area (Å²) in [7, 11) is 0. The Morgan fingerprint density at radius 1 is 1.24 bits per heavy atom. The summed E-state index contributed by atoms with van der Waals surface area (Å²) in [5.41, 5.74) is 4.10. The number of hydrogen-bond donors (Lipinski definition) is 3. The van der Waals surface area contributed by atoms with Crippen molar-refractivity contribution >= 4 is 28.4 Å². The molecule has 4 N–H and O–H groups in total. The molecule has 1 saturated carbocycles. The fraction of sp³-hybridized carbons (Fsp3) is 0.474. The molecule has 2 unspecified atom stereocenters. The van der Waals surface area contributed by atoms with E-state index in [1.54, 1.807) is 4.90 Å². The number of pyridine rings is 1. The van der Waals surface area contributed by atoms with E-state index in [4.69, 9.17) is 10.8 Å². The van der Waals surface area contributed by atoms with Crippen LogP contribution >= 0.6 is 0 Å². The molecule has 156 valence electrons. The first-order valence-corrected chi connectivity index (χ1v) is 9.46. The zero-order valence-electron chi connectivity index (χ0n) is 16.0. The highest BCUT2D eigenvalue weighted by Gasteiger charge is 2.34. The van der Waals surface area contributed by atoms with Gasteiger partial charge in [-0.3, -0.25) is 4.79 Å². The van der Waals surface area contributed by atoms with Gasteiger partial charge in [0, 0.05) is 31.2 Å². The van der Waals surface area contributed by atoms with Gasteiger partial charge in [0.1, 0.15) is 5.69 Å². The van der Waals surface area contributed by atoms with Crippen LogP contribution in [0, 0.1) is 11.6 Å². The van der Waals surface area contributed by atoms with E-state index in [0.29, 0.717) is 13.1 Å². The molecule has 1 aliphatic heterocycles. The normalized spacial score (nSPS) is 22.1. The van der Waals surface area contributed by atoms with Crippen molar-refractivity contribution in [1.29, 1.82) is 0 Å². The number of benzene rings is 1. The summed E-state index contributed by atoms with van der Waals surface area (Å²) in [5, 5.41) is 11.8. The zero-order chi connectivity index (χ0) is 21.0. The third kappa shape index (κ3) is 3.27. The molecule has 10 heteroatoms. The number of nitrogens with one attached hydrogen (secondary N) is 1. The average molecular weight is 408 g/mol. The monoisotopic (exact) mass is 408 g/mol. The fourth-order valence-electron chi connectivity index (χ4n) is 4.12. The second kappa shape index (κ2) is 6.87. The number of nitrogens with two attached hydrogens (primary N) is 1. The van der Waals surface area contributed by atoms with Crippen LogP contribution < -0.4 is 26.1 Å². The average Bonchev–Trinajstić information content (AvgIpc) is 3.45. The van der Waals surface area contributed by atoms with Crippen LogP contribution in [0.15, 0.2) is 11.0 Å². The number of carbonyl (C=O) groups is 1. The molecule has 1 aliphatic carbocycles. The summed E-state index contributed by atoms with van der Waals surface area (Å²) >= 11 is 0. The molecule has 0 radical (unpaired) electrons. The molecule has 1 aromatic heterocycles. The Balaban J connectivity index is 2.01. The maximum atomic E-state index is 15.7. The van der Waals surface area contributed by atoms with E-state index in [1.165, 1.54) is 10.8 Å². The van der Waals surface area contributed by atoms with Crippen LogP contribution in [0.2, 0.25) is 0 Å². The number of nitrogen functional groups attached to an aromatic ring is 1. The van der Waals surface area contributed by atoms with Crippen LogP contribution in [-0.4, -0.2) is 41.0 Å². The predicted molar refractivity (Wildman–Crippen MR) is 104 cm³/mol. The minimum absolute atomic E-state index is 0.00596. The first-order chi connectivity index (χ1) is 13.7. The lowest BCUT2D eigenvalue weighted by atomic mass is 10.1. The Morgan fingerprint density at radius 2 is 1.86 bits per heavy atom. The summed E-state index contributed by atoms with van der Waals surface area (Å²) in [5.74, 6) is -2.43. The summed E-state index contributed by atoms with van der Waals surface area (Å²) < 4.78 is 36.9. The predicted octanol–water partition coefficient (Wildman–Crippen LogP) is 2.44. The van der Waals surface area contributed by atoms with Crippen LogP contribution in [0.1, 0.15) is 32.7 Å². The van der Waals surface area contributed by atoms with Gasteiger partial charge in [-0.05, 0) is 26.7 Å².